The number of thioether (sulfide) groups is 1. The Morgan fingerprint density at radius 1 is 1.24 bits per heavy atom. The Bertz CT molecular complexity index is 1500. The van der Waals surface area contributed by atoms with E-state index in [0.29, 0.717) is 40.6 Å². The average molecular weight is 482 g/mol. The minimum Gasteiger partial charge on any atom is -0.354 e. The second-order valence-electron chi connectivity index (χ2n) is 7.87. The molecule has 4 heterocycles. The lowest BCUT2D eigenvalue weighted by molar-refractivity contribution is -0.121. The molecule has 0 saturated heterocycles. The summed E-state index contributed by atoms with van der Waals surface area (Å²) in [5.41, 5.74) is 0.624. The molecule has 1 unspecified atom stereocenters. The van der Waals surface area contributed by atoms with Gasteiger partial charge in [0.1, 0.15) is 17.5 Å². The third-order valence-corrected chi connectivity index (χ3v) is 6.66. The van der Waals surface area contributed by atoms with E-state index >= 15 is 0 Å². The van der Waals surface area contributed by atoms with E-state index < -0.39 is 0 Å². The maximum atomic E-state index is 13.4. The molecule has 1 aliphatic heterocycles. The monoisotopic (exact) mass is 481 g/mol. The molecular formula is C22H20FN7O3S. The van der Waals surface area contributed by atoms with Crippen LogP contribution < -0.4 is 16.4 Å². The molecule has 0 fully saturated rings. The van der Waals surface area contributed by atoms with Gasteiger partial charge in [-0.05, 0) is 17.7 Å². The van der Waals surface area contributed by atoms with Gasteiger partial charge >= 0.3 is 0 Å². The molecule has 1 atom stereocenters. The molecule has 0 radical (unpaired) electrons. The van der Waals surface area contributed by atoms with E-state index in [1.165, 1.54) is 53.2 Å². The molecule has 12 heteroatoms. The van der Waals surface area contributed by atoms with Crippen LogP contribution in [0.1, 0.15) is 18.0 Å². The lowest BCUT2D eigenvalue weighted by atomic mass is 10.2. The van der Waals surface area contributed by atoms with Crippen LogP contribution in [0.4, 0.5) is 4.39 Å². The summed E-state index contributed by atoms with van der Waals surface area (Å²) in [7, 11) is 0. The molecule has 10 nitrogen and oxygen atoms in total. The van der Waals surface area contributed by atoms with Gasteiger partial charge in [0.2, 0.25) is 5.91 Å². The van der Waals surface area contributed by atoms with Gasteiger partial charge in [0.05, 0.1) is 25.3 Å². The minimum absolute atomic E-state index is 0.162. The van der Waals surface area contributed by atoms with Crippen LogP contribution in [0.2, 0.25) is 0 Å². The van der Waals surface area contributed by atoms with E-state index in [-0.39, 0.29) is 41.9 Å². The van der Waals surface area contributed by atoms with Crippen molar-refractivity contribution in [2.45, 2.75) is 30.7 Å². The molecule has 5 rings (SSSR count). The zero-order valence-corrected chi connectivity index (χ0v) is 18.7. The highest BCUT2D eigenvalue weighted by molar-refractivity contribution is 7.99. The number of rotatable bonds is 7. The fourth-order valence-electron chi connectivity index (χ4n) is 3.93. The topological polar surface area (TPSA) is 117 Å². The molecule has 1 amide bonds. The van der Waals surface area contributed by atoms with Crippen molar-refractivity contribution in [3.8, 4) is 0 Å². The Morgan fingerprint density at radius 2 is 2.12 bits per heavy atom. The summed E-state index contributed by atoms with van der Waals surface area (Å²) in [6.45, 7) is 0.813. The van der Waals surface area contributed by atoms with Gasteiger partial charge in [0.15, 0.2) is 10.8 Å². The maximum absolute atomic E-state index is 13.4. The molecule has 1 aliphatic rings. The predicted molar refractivity (Wildman–Crippen MR) is 123 cm³/mol. The number of carbonyl (C=O) groups is 1. The van der Waals surface area contributed by atoms with Crippen molar-refractivity contribution in [3.63, 3.8) is 0 Å². The molecule has 0 aliphatic carbocycles. The number of hydrogen-bond donors (Lipinski definition) is 1. The SMILES string of the molecule is O=C(CC1CSc2nccc(=O)n21)NCCn1ncc2c(=O)n(Cc3cccc(F)c3)cnc21. The summed E-state index contributed by atoms with van der Waals surface area (Å²) in [6.07, 6.45) is 4.50. The lowest BCUT2D eigenvalue weighted by Gasteiger charge is -2.13. The standard InChI is InChI=1S/C22H20FN7O3S/c23-15-3-1-2-14(8-15)11-28-13-26-20-17(21(28)33)10-27-29(20)7-6-24-18(31)9-16-12-34-22-25-5-4-19(32)30(16)22/h1-5,8,10,13,16H,6-7,9,11-12H2,(H,24,31). The Kier molecular flexibility index (Phi) is 5.97. The quantitative estimate of drug-likeness (QED) is 0.394. The number of halogens is 1. The van der Waals surface area contributed by atoms with Gasteiger partial charge in [0.25, 0.3) is 11.1 Å². The summed E-state index contributed by atoms with van der Waals surface area (Å²) in [4.78, 5) is 45.8. The maximum Gasteiger partial charge on any atom is 0.264 e. The smallest absolute Gasteiger partial charge is 0.264 e. The first-order valence-electron chi connectivity index (χ1n) is 10.6. The van der Waals surface area contributed by atoms with E-state index in [4.69, 9.17) is 0 Å². The first-order chi connectivity index (χ1) is 16.5. The Hall–Kier alpha value is -3.80. The second kappa shape index (κ2) is 9.21. The molecule has 1 aromatic carbocycles. The number of hydrogen-bond acceptors (Lipinski definition) is 7. The average Bonchev–Trinajstić information content (AvgIpc) is 3.41. The first-order valence-corrected chi connectivity index (χ1v) is 11.6. The molecule has 174 valence electrons. The van der Waals surface area contributed by atoms with Crippen LogP contribution in [0.15, 0.2) is 63.8 Å². The molecule has 4 aromatic rings. The molecule has 34 heavy (non-hydrogen) atoms. The molecule has 0 bridgehead atoms. The lowest BCUT2D eigenvalue weighted by Crippen LogP contribution is -2.32. The van der Waals surface area contributed by atoms with Gasteiger partial charge in [-0.15, -0.1) is 0 Å². The van der Waals surface area contributed by atoms with E-state index in [9.17, 15) is 18.8 Å². The molecule has 0 spiro atoms. The van der Waals surface area contributed by atoms with Crippen LogP contribution in [0, 0.1) is 5.82 Å². The van der Waals surface area contributed by atoms with Crippen LogP contribution in [0.25, 0.3) is 11.0 Å². The number of aromatic nitrogens is 6. The minimum atomic E-state index is -0.367. The van der Waals surface area contributed by atoms with Gasteiger partial charge in [-0.1, -0.05) is 23.9 Å². The van der Waals surface area contributed by atoms with Crippen molar-refractivity contribution in [2.75, 3.05) is 12.3 Å². The molecule has 3 aromatic heterocycles. The van der Waals surface area contributed by atoms with E-state index in [1.807, 2.05) is 0 Å². The second-order valence-corrected chi connectivity index (χ2v) is 8.85. The number of amides is 1. The van der Waals surface area contributed by atoms with Gasteiger partial charge in [-0.2, -0.15) is 5.10 Å². The van der Waals surface area contributed by atoms with Crippen LogP contribution in [0.3, 0.4) is 0 Å². The molecule has 0 saturated carbocycles. The Labute approximate surface area is 196 Å². The third kappa shape index (κ3) is 4.36. The van der Waals surface area contributed by atoms with Gasteiger partial charge in [-0.3, -0.25) is 23.5 Å². The van der Waals surface area contributed by atoms with Crippen LogP contribution in [-0.2, 0) is 17.9 Å². The van der Waals surface area contributed by atoms with Crippen LogP contribution >= 0.6 is 11.8 Å². The molecular weight excluding hydrogens is 461 g/mol. The number of fused-ring (bicyclic) bond motifs is 2. The Balaban J connectivity index is 1.21. The van der Waals surface area contributed by atoms with E-state index in [1.54, 1.807) is 21.4 Å². The largest absolute Gasteiger partial charge is 0.354 e. The highest BCUT2D eigenvalue weighted by Crippen LogP contribution is 2.31. The summed E-state index contributed by atoms with van der Waals surface area (Å²) < 4.78 is 17.9. The van der Waals surface area contributed by atoms with Crippen LogP contribution in [0.5, 0.6) is 0 Å². The van der Waals surface area contributed by atoms with Crippen molar-refractivity contribution in [1.29, 1.82) is 0 Å². The van der Waals surface area contributed by atoms with E-state index in [2.05, 4.69) is 20.4 Å². The zero-order valence-electron chi connectivity index (χ0n) is 17.9. The highest BCUT2D eigenvalue weighted by atomic mass is 32.2. The van der Waals surface area contributed by atoms with E-state index in [0.717, 1.165) is 0 Å². The normalized spacial score (nSPS) is 14.9. The van der Waals surface area contributed by atoms with Crippen molar-refractivity contribution in [1.82, 2.24) is 34.2 Å². The van der Waals surface area contributed by atoms with Crippen molar-refractivity contribution < 1.29 is 9.18 Å². The van der Waals surface area contributed by atoms with Crippen molar-refractivity contribution >= 4 is 28.7 Å². The fourth-order valence-corrected chi connectivity index (χ4v) is 5.06. The number of carbonyl (C=O) groups excluding carboxylic acids is 1. The number of nitrogens with one attached hydrogen (secondary N) is 1. The summed E-state index contributed by atoms with van der Waals surface area (Å²) in [6, 6.07) is 7.21. The highest BCUT2D eigenvalue weighted by Gasteiger charge is 2.26. The number of nitrogens with zero attached hydrogens (tertiary/aromatic N) is 6. The Morgan fingerprint density at radius 3 is 2.97 bits per heavy atom. The first kappa shape index (κ1) is 22.0. The van der Waals surface area contributed by atoms with Gasteiger partial charge in [0, 0.05) is 31.0 Å². The van der Waals surface area contributed by atoms with Gasteiger partial charge in [-0.25, -0.2) is 19.0 Å². The van der Waals surface area contributed by atoms with Crippen molar-refractivity contribution in [2.24, 2.45) is 0 Å². The summed E-state index contributed by atoms with van der Waals surface area (Å²) in [5.74, 6) is 0.0695. The van der Waals surface area contributed by atoms with Crippen molar-refractivity contribution in [3.05, 3.63) is 81.1 Å². The zero-order chi connectivity index (χ0) is 23.7. The summed E-state index contributed by atoms with van der Waals surface area (Å²) >= 11 is 1.46. The van der Waals surface area contributed by atoms with Crippen LogP contribution in [-0.4, -0.2) is 47.1 Å². The predicted octanol–water partition coefficient (Wildman–Crippen LogP) is 1.19. The third-order valence-electron chi connectivity index (χ3n) is 5.55. The fraction of sp³-hybridized carbons (Fsp3) is 0.273. The number of benzene rings is 1. The molecule has 1 N–H and O–H groups in total. The summed E-state index contributed by atoms with van der Waals surface area (Å²) in [5, 5.41) is 8.04. The van der Waals surface area contributed by atoms with Gasteiger partial charge < -0.3 is 5.32 Å².